The Morgan fingerprint density at radius 2 is 1.83 bits per heavy atom. The van der Waals surface area contributed by atoms with Gasteiger partial charge in [0.1, 0.15) is 6.04 Å². The fraction of sp³-hybridized carbons (Fsp3) is 0.414. The van der Waals surface area contributed by atoms with Crippen molar-refractivity contribution in [2.45, 2.75) is 71.4 Å². The van der Waals surface area contributed by atoms with E-state index in [1.54, 1.807) is 17.4 Å². The van der Waals surface area contributed by atoms with E-state index in [0.717, 1.165) is 45.5 Å². The number of pyridine rings is 1. The fourth-order valence-corrected chi connectivity index (χ4v) is 5.92. The summed E-state index contributed by atoms with van der Waals surface area (Å²) in [6.45, 7) is 8.14. The van der Waals surface area contributed by atoms with Crippen LogP contribution in [0.25, 0.3) is 10.4 Å². The van der Waals surface area contributed by atoms with Gasteiger partial charge in [0.25, 0.3) is 5.56 Å². The van der Waals surface area contributed by atoms with E-state index in [2.05, 4.69) is 31.3 Å². The molecule has 0 saturated heterocycles. The quantitative estimate of drug-likeness (QED) is 0.353. The molecular formula is C29H34N2O4S. The zero-order chi connectivity index (χ0) is 26.0. The maximum Gasteiger partial charge on any atom is 0.305 e. The highest BCUT2D eigenvalue weighted by Crippen LogP contribution is 2.40. The van der Waals surface area contributed by atoms with Crippen LogP contribution in [-0.2, 0) is 9.59 Å². The number of benzene rings is 1. The molecule has 6 nitrogen and oxygen atoms in total. The average molecular weight is 507 g/mol. The van der Waals surface area contributed by atoms with E-state index in [9.17, 15) is 19.5 Å². The van der Waals surface area contributed by atoms with Crippen molar-refractivity contribution in [3.05, 3.63) is 80.6 Å². The number of thiophene rings is 1. The number of hydrogen-bond acceptors (Lipinski definition) is 4. The number of carboxylic acid groups (broad SMARTS) is 1. The van der Waals surface area contributed by atoms with Crippen molar-refractivity contribution in [2.75, 3.05) is 0 Å². The number of carbonyl (C=O) groups excluding carboxylic acids is 1. The van der Waals surface area contributed by atoms with E-state index < -0.39 is 18.1 Å². The van der Waals surface area contributed by atoms with Crippen molar-refractivity contribution in [1.29, 1.82) is 0 Å². The number of nitrogens with one attached hydrogen (secondary N) is 1. The number of carboxylic acids is 1. The summed E-state index contributed by atoms with van der Waals surface area (Å²) in [4.78, 5) is 39.2. The van der Waals surface area contributed by atoms with E-state index in [4.69, 9.17) is 0 Å². The Morgan fingerprint density at radius 3 is 2.44 bits per heavy atom. The van der Waals surface area contributed by atoms with Gasteiger partial charge in [-0.05, 0) is 84.2 Å². The lowest BCUT2D eigenvalue weighted by Gasteiger charge is -2.25. The minimum Gasteiger partial charge on any atom is -0.481 e. The Balaban J connectivity index is 1.64. The smallest absolute Gasteiger partial charge is 0.305 e. The van der Waals surface area contributed by atoms with Gasteiger partial charge >= 0.3 is 5.97 Å². The van der Waals surface area contributed by atoms with Crippen molar-refractivity contribution in [3.8, 4) is 10.4 Å². The van der Waals surface area contributed by atoms with Gasteiger partial charge in [-0.1, -0.05) is 38.1 Å². The van der Waals surface area contributed by atoms with Crippen LogP contribution in [0.3, 0.4) is 0 Å². The molecule has 1 amide bonds. The molecule has 0 radical (unpaired) electrons. The first kappa shape index (κ1) is 25.9. The molecule has 2 aromatic heterocycles. The van der Waals surface area contributed by atoms with Crippen LogP contribution in [0.4, 0.5) is 0 Å². The first-order valence-electron chi connectivity index (χ1n) is 12.5. The van der Waals surface area contributed by atoms with E-state index >= 15 is 0 Å². The highest BCUT2D eigenvalue weighted by Gasteiger charge is 2.29. The van der Waals surface area contributed by atoms with Gasteiger partial charge in [-0.25, -0.2) is 0 Å². The molecule has 2 heterocycles. The van der Waals surface area contributed by atoms with Gasteiger partial charge in [-0.3, -0.25) is 14.4 Å². The van der Waals surface area contributed by atoms with Crippen LogP contribution < -0.4 is 10.9 Å². The number of amides is 1. The predicted molar refractivity (Wildman–Crippen MR) is 144 cm³/mol. The molecule has 1 aromatic carbocycles. The average Bonchev–Trinajstić information content (AvgIpc) is 3.54. The predicted octanol–water partition coefficient (Wildman–Crippen LogP) is 5.99. The summed E-state index contributed by atoms with van der Waals surface area (Å²) in [5.74, 6) is -0.696. The fourth-order valence-electron chi connectivity index (χ4n) is 4.78. The molecule has 0 aliphatic heterocycles. The monoisotopic (exact) mass is 506 g/mol. The van der Waals surface area contributed by atoms with Crippen LogP contribution in [0.1, 0.15) is 79.8 Å². The molecule has 0 spiro atoms. The number of carbonyl (C=O) groups is 2. The van der Waals surface area contributed by atoms with Crippen LogP contribution in [0, 0.1) is 19.8 Å². The first-order chi connectivity index (χ1) is 17.1. The molecule has 1 aliphatic rings. The van der Waals surface area contributed by atoms with Crippen molar-refractivity contribution in [2.24, 2.45) is 5.92 Å². The molecule has 2 atom stereocenters. The Kier molecular flexibility index (Phi) is 7.79. The van der Waals surface area contributed by atoms with E-state index in [1.807, 2.05) is 43.6 Å². The van der Waals surface area contributed by atoms with E-state index in [0.29, 0.717) is 12.3 Å². The van der Waals surface area contributed by atoms with Crippen molar-refractivity contribution >= 4 is 23.2 Å². The summed E-state index contributed by atoms with van der Waals surface area (Å²) < 4.78 is 1.54. The summed E-state index contributed by atoms with van der Waals surface area (Å²) in [5, 5.41) is 14.5. The zero-order valence-electron chi connectivity index (χ0n) is 21.3. The second kappa shape index (κ2) is 10.8. The molecule has 1 saturated carbocycles. The molecular weight excluding hydrogens is 472 g/mol. The molecule has 2 unspecified atom stereocenters. The molecule has 4 rings (SSSR count). The second-order valence-corrected chi connectivity index (χ2v) is 11.2. The molecule has 2 N–H and O–H groups in total. The van der Waals surface area contributed by atoms with Crippen LogP contribution in [0.5, 0.6) is 0 Å². The van der Waals surface area contributed by atoms with Crippen LogP contribution in [-0.4, -0.2) is 21.6 Å². The third kappa shape index (κ3) is 5.95. The normalized spacial score (nSPS) is 15.0. The SMILES string of the molecule is Cc1cccc(C)c1-c1cc(C(CC(=O)O)NC(=O)C(CC(C)C)n2cc(C3CC3)ccc2=O)cs1. The number of nitrogens with zero attached hydrogens (tertiary/aromatic N) is 1. The highest BCUT2D eigenvalue weighted by atomic mass is 32.1. The summed E-state index contributed by atoms with van der Waals surface area (Å²) in [5.41, 5.74) is 5.05. The molecule has 190 valence electrons. The van der Waals surface area contributed by atoms with E-state index in [-0.39, 0.29) is 23.8 Å². The van der Waals surface area contributed by atoms with Crippen molar-refractivity contribution in [1.82, 2.24) is 9.88 Å². The number of hydrogen-bond donors (Lipinski definition) is 2. The van der Waals surface area contributed by atoms with Gasteiger partial charge in [0.15, 0.2) is 0 Å². The van der Waals surface area contributed by atoms with Gasteiger partial charge in [0.2, 0.25) is 5.91 Å². The molecule has 1 fully saturated rings. The minimum atomic E-state index is -0.992. The number of aryl methyl sites for hydroxylation is 2. The summed E-state index contributed by atoms with van der Waals surface area (Å²) in [6.07, 6.45) is 4.26. The third-order valence-electron chi connectivity index (χ3n) is 6.79. The summed E-state index contributed by atoms with van der Waals surface area (Å²) >= 11 is 1.54. The molecule has 36 heavy (non-hydrogen) atoms. The molecule has 0 bridgehead atoms. The summed E-state index contributed by atoms with van der Waals surface area (Å²) in [6, 6.07) is 10.1. The van der Waals surface area contributed by atoms with Gasteiger partial charge < -0.3 is 15.0 Å². The maximum absolute atomic E-state index is 13.6. The molecule has 1 aliphatic carbocycles. The molecule has 3 aromatic rings. The third-order valence-corrected chi connectivity index (χ3v) is 7.75. The topological polar surface area (TPSA) is 88.4 Å². The van der Waals surface area contributed by atoms with Gasteiger partial charge in [0, 0.05) is 17.1 Å². The van der Waals surface area contributed by atoms with Crippen LogP contribution >= 0.6 is 11.3 Å². The maximum atomic E-state index is 13.6. The highest BCUT2D eigenvalue weighted by molar-refractivity contribution is 7.13. The first-order valence-corrected chi connectivity index (χ1v) is 13.4. The zero-order valence-corrected chi connectivity index (χ0v) is 22.1. The number of aromatic nitrogens is 1. The van der Waals surface area contributed by atoms with E-state index in [1.165, 1.54) is 4.57 Å². The second-order valence-electron chi connectivity index (χ2n) is 10.3. The standard InChI is InChI=1S/C29H34N2O4S/c1-17(2)12-24(31-15-21(20-8-9-20)10-11-26(31)32)29(35)30-23(14-27(33)34)22-13-25(36-16-22)28-18(3)6-5-7-19(28)4/h5-7,10-11,13,15-17,20,23-24H,8-9,12,14H2,1-4H3,(H,30,35)(H,33,34). The Morgan fingerprint density at radius 1 is 1.14 bits per heavy atom. The lowest BCUT2D eigenvalue weighted by atomic mass is 9.98. The van der Waals surface area contributed by atoms with Gasteiger partial charge in [-0.15, -0.1) is 11.3 Å². The van der Waals surface area contributed by atoms with Gasteiger partial charge in [-0.2, -0.15) is 0 Å². The Labute approximate surface area is 216 Å². The Bertz CT molecular complexity index is 1300. The van der Waals surface area contributed by atoms with Crippen LogP contribution in [0.2, 0.25) is 0 Å². The molecule has 7 heteroatoms. The summed E-state index contributed by atoms with van der Waals surface area (Å²) in [7, 11) is 0. The Hall–Kier alpha value is -3.19. The largest absolute Gasteiger partial charge is 0.481 e. The van der Waals surface area contributed by atoms with Crippen LogP contribution in [0.15, 0.2) is 52.8 Å². The van der Waals surface area contributed by atoms with Crippen molar-refractivity contribution < 1.29 is 14.7 Å². The lowest BCUT2D eigenvalue weighted by molar-refractivity contribution is -0.138. The van der Waals surface area contributed by atoms with Crippen molar-refractivity contribution in [3.63, 3.8) is 0 Å². The number of aliphatic carboxylic acids is 1. The lowest BCUT2D eigenvalue weighted by Crippen LogP contribution is -2.40. The minimum absolute atomic E-state index is 0.173. The number of rotatable bonds is 10. The van der Waals surface area contributed by atoms with Gasteiger partial charge in [0.05, 0.1) is 12.5 Å².